The molecular formula is C25H25ClN6O2. The van der Waals surface area contributed by atoms with E-state index in [9.17, 15) is 4.79 Å². The van der Waals surface area contributed by atoms with Crippen molar-refractivity contribution < 1.29 is 9.53 Å². The molecule has 174 valence electrons. The number of benzene rings is 2. The summed E-state index contributed by atoms with van der Waals surface area (Å²) in [5, 5.41) is 12.4. The Morgan fingerprint density at radius 1 is 1.24 bits per heavy atom. The van der Waals surface area contributed by atoms with Gasteiger partial charge in [-0.2, -0.15) is 4.98 Å². The molecule has 1 N–H and O–H groups in total. The minimum absolute atomic E-state index is 0.200. The van der Waals surface area contributed by atoms with E-state index in [1.165, 1.54) is 0 Å². The number of ether oxygens (including phenoxy) is 1. The van der Waals surface area contributed by atoms with E-state index in [2.05, 4.69) is 27.4 Å². The lowest BCUT2D eigenvalue weighted by Gasteiger charge is -2.21. The minimum atomic E-state index is -0.760. The van der Waals surface area contributed by atoms with Gasteiger partial charge in [0.1, 0.15) is 12.1 Å². The smallest absolute Gasteiger partial charge is 0.408 e. The fraction of sp³-hybridized carbons (Fsp3) is 0.280. The van der Waals surface area contributed by atoms with Crippen LogP contribution in [0.25, 0.3) is 16.7 Å². The van der Waals surface area contributed by atoms with Crippen LogP contribution in [0.4, 0.5) is 16.3 Å². The maximum absolute atomic E-state index is 11.9. The predicted octanol–water partition coefficient (Wildman–Crippen LogP) is 4.96. The van der Waals surface area contributed by atoms with Crippen LogP contribution >= 0.6 is 11.6 Å². The van der Waals surface area contributed by atoms with E-state index in [0.717, 1.165) is 28.0 Å². The van der Waals surface area contributed by atoms with E-state index < -0.39 is 11.6 Å². The minimum Gasteiger partial charge on any atom is -0.447 e. The third-order valence-electron chi connectivity index (χ3n) is 5.02. The summed E-state index contributed by atoms with van der Waals surface area (Å²) in [5.41, 5.74) is 1.79. The summed E-state index contributed by atoms with van der Waals surface area (Å²) < 4.78 is 6.96. The van der Waals surface area contributed by atoms with Gasteiger partial charge in [-0.3, -0.25) is 4.40 Å². The van der Waals surface area contributed by atoms with Crippen molar-refractivity contribution in [2.24, 2.45) is 0 Å². The molecule has 2 aromatic carbocycles. The number of rotatable bonds is 4. The molecule has 0 saturated carbocycles. The normalized spacial score (nSPS) is 11.4. The Kier molecular flexibility index (Phi) is 6.31. The number of hydrogen-bond donors (Lipinski definition) is 1. The quantitative estimate of drug-likeness (QED) is 0.419. The van der Waals surface area contributed by atoms with Gasteiger partial charge in [-0.1, -0.05) is 29.5 Å². The molecule has 0 spiro atoms. The first-order chi connectivity index (χ1) is 16.1. The standard InChI is InChI=1S/C25H25ClN6O2/c1-16(2)34-24(33)29-25(3,4)12-11-17-7-6-8-19(13-17)31(5)22-20-10-9-18(26)14-21(20)32-15-27-30-23(32)28-22/h6-10,13-16H,1-5H3,(H,29,33). The number of carbonyl (C=O) groups is 1. The molecule has 9 heteroatoms. The average Bonchev–Trinajstić information content (AvgIpc) is 3.25. The molecule has 4 rings (SSSR count). The highest BCUT2D eigenvalue weighted by Gasteiger charge is 2.19. The SMILES string of the molecule is CC(C)OC(=O)NC(C)(C)C#Cc1cccc(N(C)c2nc3nncn3c3cc(Cl)ccc23)c1. The van der Waals surface area contributed by atoms with Crippen LogP contribution in [-0.4, -0.2) is 44.4 Å². The van der Waals surface area contributed by atoms with Crippen LogP contribution in [0.2, 0.25) is 5.02 Å². The van der Waals surface area contributed by atoms with Crippen molar-refractivity contribution in [3.05, 3.63) is 59.4 Å². The van der Waals surface area contributed by atoms with Gasteiger partial charge < -0.3 is 15.0 Å². The number of fused-ring (bicyclic) bond motifs is 3. The first-order valence-corrected chi connectivity index (χ1v) is 11.2. The maximum Gasteiger partial charge on any atom is 0.408 e. The van der Waals surface area contributed by atoms with Crippen molar-refractivity contribution in [2.45, 2.75) is 39.3 Å². The van der Waals surface area contributed by atoms with E-state index >= 15 is 0 Å². The summed E-state index contributed by atoms with van der Waals surface area (Å²) in [7, 11) is 1.93. The van der Waals surface area contributed by atoms with E-state index in [1.54, 1.807) is 24.6 Å². The van der Waals surface area contributed by atoms with Crippen LogP contribution in [0.1, 0.15) is 33.3 Å². The zero-order valence-corrected chi connectivity index (χ0v) is 20.4. The average molecular weight is 477 g/mol. The summed E-state index contributed by atoms with van der Waals surface area (Å²) in [6, 6.07) is 13.4. The highest BCUT2D eigenvalue weighted by molar-refractivity contribution is 6.31. The number of aromatic nitrogens is 4. The lowest BCUT2D eigenvalue weighted by atomic mass is 10.1. The number of halogens is 1. The van der Waals surface area contributed by atoms with Gasteiger partial charge in [-0.05, 0) is 64.1 Å². The molecule has 0 saturated heterocycles. The van der Waals surface area contributed by atoms with Crippen molar-refractivity contribution in [1.82, 2.24) is 24.9 Å². The summed E-state index contributed by atoms with van der Waals surface area (Å²) in [6.45, 7) is 7.25. The third kappa shape index (κ3) is 5.05. The molecule has 0 fully saturated rings. The molecule has 0 unspecified atom stereocenters. The first kappa shape index (κ1) is 23.3. The molecule has 0 aliphatic rings. The van der Waals surface area contributed by atoms with Crippen LogP contribution in [0, 0.1) is 11.8 Å². The second kappa shape index (κ2) is 9.20. The number of amides is 1. The molecular weight excluding hydrogens is 452 g/mol. The molecule has 0 bridgehead atoms. The van der Waals surface area contributed by atoms with Gasteiger partial charge in [0.2, 0.25) is 0 Å². The number of nitrogens with one attached hydrogen (secondary N) is 1. The summed E-state index contributed by atoms with van der Waals surface area (Å²) in [4.78, 5) is 18.6. The van der Waals surface area contributed by atoms with Gasteiger partial charge >= 0.3 is 6.09 Å². The van der Waals surface area contributed by atoms with Crippen LogP contribution < -0.4 is 10.2 Å². The zero-order valence-electron chi connectivity index (χ0n) is 19.6. The van der Waals surface area contributed by atoms with Gasteiger partial charge in [0, 0.05) is 28.7 Å². The Bertz CT molecular complexity index is 1430. The molecule has 34 heavy (non-hydrogen) atoms. The predicted molar refractivity (Wildman–Crippen MR) is 134 cm³/mol. The molecule has 1 amide bonds. The van der Waals surface area contributed by atoms with Gasteiger partial charge in [-0.15, -0.1) is 10.2 Å². The molecule has 8 nitrogen and oxygen atoms in total. The van der Waals surface area contributed by atoms with E-state index in [1.807, 2.05) is 68.3 Å². The van der Waals surface area contributed by atoms with Crippen molar-refractivity contribution in [2.75, 3.05) is 11.9 Å². The van der Waals surface area contributed by atoms with Crippen molar-refractivity contribution in [3.8, 4) is 11.8 Å². The molecule has 0 radical (unpaired) electrons. The maximum atomic E-state index is 11.9. The van der Waals surface area contributed by atoms with Gasteiger partial charge in [-0.25, -0.2) is 4.79 Å². The van der Waals surface area contributed by atoms with Crippen LogP contribution in [-0.2, 0) is 4.74 Å². The summed E-state index contributed by atoms with van der Waals surface area (Å²) in [6.07, 6.45) is 0.923. The fourth-order valence-electron chi connectivity index (χ4n) is 3.45. The molecule has 2 aromatic heterocycles. The second-order valence-corrected chi connectivity index (χ2v) is 9.10. The van der Waals surface area contributed by atoms with E-state index in [4.69, 9.17) is 21.3 Å². The highest BCUT2D eigenvalue weighted by atomic mass is 35.5. The lowest BCUT2D eigenvalue weighted by molar-refractivity contribution is 0.110. The second-order valence-electron chi connectivity index (χ2n) is 8.66. The summed E-state index contributed by atoms with van der Waals surface area (Å²) in [5.74, 6) is 7.46. The largest absolute Gasteiger partial charge is 0.447 e. The van der Waals surface area contributed by atoms with Crippen LogP contribution in [0.15, 0.2) is 48.8 Å². The fourth-order valence-corrected chi connectivity index (χ4v) is 3.62. The Labute approximate surface area is 202 Å². The van der Waals surface area contributed by atoms with Crippen molar-refractivity contribution in [3.63, 3.8) is 0 Å². The Morgan fingerprint density at radius 2 is 2.03 bits per heavy atom. The Hall–Kier alpha value is -3.83. The number of alkyl carbamates (subject to hydrolysis) is 1. The van der Waals surface area contributed by atoms with Crippen LogP contribution in [0.3, 0.4) is 0 Å². The van der Waals surface area contributed by atoms with Gasteiger partial charge in [0.05, 0.1) is 17.2 Å². The number of hydrogen-bond acceptors (Lipinski definition) is 6. The van der Waals surface area contributed by atoms with Crippen molar-refractivity contribution >= 4 is 45.9 Å². The Balaban J connectivity index is 1.66. The molecule has 4 aromatic rings. The molecule has 0 aliphatic carbocycles. The number of anilines is 2. The summed E-state index contributed by atoms with van der Waals surface area (Å²) >= 11 is 6.25. The first-order valence-electron chi connectivity index (χ1n) is 10.8. The monoisotopic (exact) mass is 476 g/mol. The van der Waals surface area contributed by atoms with Gasteiger partial charge in [0.15, 0.2) is 0 Å². The number of carbonyl (C=O) groups excluding carboxylic acids is 1. The topological polar surface area (TPSA) is 84.6 Å². The Morgan fingerprint density at radius 3 is 2.79 bits per heavy atom. The van der Waals surface area contributed by atoms with E-state index in [0.29, 0.717) is 10.8 Å². The van der Waals surface area contributed by atoms with Crippen molar-refractivity contribution in [1.29, 1.82) is 0 Å². The number of nitrogens with zero attached hydrogens (tertiary/aromatic N) is 5. The van der Waals surface area contributed by atoms with Crippen LogP contribution in [0.5, 0.6) is 0 Å². The highest BCUT2D eigenvalue weighted by Crippen LogP contribution is 2.31. The molecule has 0 aliphatic heterocycles. The zero-order chi connectivity index (χ0) is 24.5. The third-order valence-corrected chi connectivity index (χ3v) is 5.26. The lowest BCUT2D eigenvalue weighted by Crippen LogP contribution is -2.43. The molecule has 2 heterocycles. The van der Waals surface area contributed by atoms with Gasteiger partial charge in [0.25, 0.3) is 5.78 Å². The van der Waals surface area contributed by atoms with E-state index in [-0.39, 0.29) is 6.10 Å². The molecule has 0 atom stereocenters.